The Labute approximate surface area is 196 Å². The summed E-state index contributed by atoms with van der Waals surface area (Å²) in [5.74, 6) is 0. The molecule has 2 saturated heterocycles. The molecule has 6 nitrogen and oxygen atoms in total. The first-order valence-corrected chi connectivity index (χ1v) is 12.4. The van der Waals surface area contributed by atoms with Gasteiger partial charge in [-0.1, -0.05) is 26.8 Å². The monoisotopic (exact) mass is 443 g/mol. The lowest BCUT2D eigenvalue weighted by molar-refractivity contribution is -0.0242. The van der Waals surface area contributed by atoms with Crippen LogP contribution < -0.4 is 0 Å². The molecule has 2 atom stereocenters. The van der Waals surface area contributed by atoms with Gasteiger partial charge in [0.05, 0.1) is 17.6 Å². The van der Waals surface area contributed by atoms with Gasteiger partial charge in [0.15, 0.2) is 0 Å². The highest BCUT2D eigenvalue weighted by atomic mass is 16.2. The van der Waals surface area contributed by atoms with Gasteiger partial charge in [-0.3, -0.25) is 15.0 Å². The van der Waals surface area contributed by atoms with Crippen LogP contribution in [-0.2, 0) is 18.3 Å². The van der Waals surface area contributed by atoms with E-state index in [0.717, 1.165) is 68.8 Å². The molecule has 2 amide bonds. The van der Waals surface area contributed by atoms with Gasteiger partial charge in [0.1, 0.15) is 5.69 Å². The second-order valence-corrected chi connectivity index (χ2v) is 11.0. The maximum absolute atomic E-state index is 13.6. The first-order chi connectivity index (χ1) is 15.9. The molecule has 4 aliphatic rings. The molecule has 0 radical (unpaired) electrons. The number of rotatable bonds is 1. The third kappa shape index (κ3) is 3.06. The standard InChI is InChI=1S/C27H33N5O/c1-26(2)24-15-18-13-19-14-22(23-17-28-8-9-29-23)30-21(19)16-20(18)27(26,3)7-12-32(24)25(33)31-10-5-4-6-11-31/h8-9,13,16-17,24H,4-7,10-12,14-15H2,1-3H3/t24-,27+/m1/s1. The number of benzene rings is 1. The molecule has 6 rings (SSSR count). The SMILES string of the molecule is CC1(C)[C@H]2Cc3cc4c(cc3[C@]1(C)CCN2C(=O)N1CCCCC1)N=C(c1cnccn1)C4. The van der Waals surface area contributed by atoms with Gasteiger partial charge in [0, 0.05) is 49.9 Å². The molecule has 6 heteroatoms. The molecule has 2 bridgehead atoms. The van der Waals surface area contributed by atoms with Crippen LogP contribution in [-0.4, -0.2) is 57.2 Å². The van der Waals surface area contributed by atoms with Crippen LogP contribution in [0.25, 0.3) is 0 Å². The predicted octanol–water partition coefficient (Wildman–Crippen LogP) is 4.67. The van der Waals surface area contributed by atoms with E-state index < -0.39 is 0 Å². The van der Waals surface area contributed by atoms with E-state index in [1.54, 1.807) is 18.6 Å². The second kappa shape index (κ2) is 7.37. The first-order valence-electron chi connectivity index (χ1n) is 12.4. The van der Waals surface area contributed by atoms with Crippen LogP contribution in [0.15, 0.2) is 35.7 Å². The highest BCUT2D eigenvalue weighted by Crippen LogP contribution is 2.57. The van der Waals surface area contributed by atoms with Crippen LogP contribution in [0.4, 0.5) is 10.5 Å². The van der Waals surface area contributed by atoms with Crippen molar-refractivity contribution in [2.24, 2.45) is 10.4 Å². The molecule has 3 aliphatic heterocycles. The quantitative estimate of drug-likeness (QED) is 0.643. The number of amides is 2. The molecular formula is C27H33N5O. The molecular weight excluding hydrogens is 410 g/mol. The van der Waals surface area contributed by atoms with E-state index in [9.17, 15) is 4.79 Å². The Bertz CT molecular complexity index is 1130. The van der Waals surface area contributed by atoms with Crippen molar-refractivity contribution in [3.8, 4) is 0 Å². The van der Waals surface area contributed by atoms with E-state index in [0.29, 0.717) is 0 Å². The molecule has 2 fully saturated rings. The van der Waals surface area contributed by atoms with Crippen LogP contribution >= 0.6 is 0 Å². The Morgan fingerprint density at radius 2 is 1.85 bits per heavy atom. The van der Waals surface area contributed by atoms with E-state index in [1.165, 1.54) is 23.1 Å². The number of fused-ring (bicyclic) bond motifs is 5. The lowest BCUT2D eigenvalue weighted by Crippen LogP contribution is -2.66. The van der Waals surface area contributed by atoms with Crippen molar-refractivity contribution in [3.63, 3.8) is 0 Å². The minimum absolute atomic E-state index is 0.00596. The minimum atomic E-state index is -0.00596. The summed E-state index contributed by atoms with van der Waals surface area (Å²) in [5, 5.41) is 0. The maximum Gasteiger partial charge on any atom is 0.320 e. The largest absolute Gasteiger partial charge is 0.325 e. The van der Waals surface area contributed by atoms with Gasteiger partial charge < -0.3 is 9.80 Å². The van der Waals surface area contributed by atoms with Gasteiger partial charge in [-0.2, -0.15) is 0 Å². The number of likely N-dealkylation sites (tertiary alicyclic amines) is 2. The Morgan fingerprint density at radius 1 is 1.03 bits per heavy atom. The van der Waals surface area contributed by atoms with Gasteiger partial charge in [-0.05, 0) is 60.3 Å². The molecule has 172 valence electrons. The zero-order chi connectivity index (χ0) is 22.8. The zero-order valence-electron chi connectivity index (χ0n) is 20.0. The van der Waals surface area contributed by atoms with Gasteiger partial charge in [0.2, 0.25) is 0 Å². The Balaban J connectivity index is 1.36. The molecule has 0 N–H and O–H groups in total. The molecule has 0 spiro atoms. The molecule has 0 saturated carbocycles. The smallest absolute Gasteiger partial charge is 0.320 e. The summed E-state index contributed by atoms with van der Waals surface area (Å²) in [6.45, 7) is 9.81. The van der Waals surface area contributed by atoms with E-state index in [4.69, 9.17) is 4.99 Å². The van der Waals surface area contributed by atoms with Crippen molar-refractivity contribution in [1.29, 1.82) is 0 Å². The summed E-state index contributed by atoms with van der Waals surface area (Å²) in [5.41, 5.74) is 7.04. The third-order valence-corrected chi connectivity index (χ3v) is 9.14. The van der Waals surface area contributed by atoms with Gasteiger partial charge in [0.25, 0.3) is 0 Å². The van der Waals surface area contributed by atoms with Crippen molar-refractivity contribution in [3.05, 3.63) is 53.1 Å². The molecule has 1 aromatic carbocycles. The summed E-state index contributed by atoms with van der Waals surface area (Å²) < 4.78 is 0. The number of aromatic nitrogens is 2. The van der Waals surface area contributed by atoms with Crippen molar-refractivity contribution in [2.45, 2.75) is 70.8 Å². The number of hydrogen-bond donors (Lipinski definition) is 0. The van der Waals surface area contributed by atoms with Gasteiger partial charge in [-0.25, -0.2) is 4.79 Å². The van der Waals surface area contributed by atoms with Crippen LogP contribution in [0.5, 0.6) is 0 Å². The average Bonchev–Trinajstić information content (AvgIpc) is 3.25. The van der Waals surface area contributed by atoms with Gasteiger partial charge >= 0.3 is 6.03 Å². The van der Waals surface area contributed by atoms with Crippen molar-refractivity contribution in [1.82, 2.24) is 19.8 Å². The summed E-state index contributed by atoms with van der Waals surface area (Å²) in [6, 6.07) is 5.19. The summed E-state index contributed by atoms with van der Waals surface area (Å²) in [4.78, 5) is 31.5. The van der Waals surface area contributed by atoms with Crippen molar-refractivity contribution >= 4 is 17.4 Å². The number of hydrogen-bond acceptors (Lipinski definition) is 4. The van der Waals surface area contributed by atoms with Crippen LogP contribution in [0, 0.1) is 5.41 Å². The first kappa shape index (κ1) is 20.8. The molecule has 2 aromatic rings. The Hall–Kier alpha value is -2.76. The topological polar surface area (TPSA) is 61.7 Å². The predicted molar refractivity (Wildman–Crippen MR) is 129 cm³/mol. The number of carbonyl (C=O) groups is 1. The van der Waals surface area contributed by atoms with E-state index >= 15 is 0 Å². The number of nitrogens with zero attached hydrogens (tertiary/aromatic N) is 5. The van der Waals surface area contributed by atoms with Crippen LogP contribution in [0.3, 0.4) is 0 Å². The summed E-state index contributed by atoms with van der Waals surface area (Å²) >= 11 is 0. The number of urea groups is 1. The molecule has 1 aromatic heterocycles. The minimum Gasteiger partial charge on any atom is -0.325 e. The van der Waals surface area contributed by atoms with Crippen molar-refractivity contribution in [2.75, 3.05) is 19.6 Å². The molecule has 1 aliphatic carbocycles. The van der Waals surface area contributed by atoms with E-state index in [-0.39, 0.29) is 22.9 Å². The van der Waals surface area contributed by atoms with E-state index in [2.05, 4.69) is 52.7 Å². The molecule has 33 heavy (non-hydrogen) atoms. The average molecular weight is 444 g/mol. The third-order valence-electron chi connectivity index (χ3n) is 9.14. The van der Waals surface area contributed by atoms with Crippen LogP contribution in [0.1, 0.15) is 68.8 Å². The van der Waals surface area contributed by atoms with Crippen molar-refractivity contribution < 1.29 is 4.79 Å². The Morgan fingerprint density at radius 3 is 2.61 bits per heavy atom. The fraction of sp³-hybridized carbons (Fsp3) is 0.556. The van der Waals surface area contributed by atoms with Gasteiger partial charge in [-0.15, -0.1) is 0 Å². The number of carbonyl (C=O) groups excluding carboxylic acids is 1. The lowest BCUT2D eigenvalue weighted by atomic mass is 9.51. The lowest BCUT2D eigenvalue weighted by Gasteiger charge is -2.61. The number of aliphatic imine (C=N–C) groups is 1. The highest BCUT2D eigenvalue weighted by Gasteiger charge is 2.57. The normalized spacial score (nSPS) is 27.6. The zero-order valence-corrected chi connectivity index (χ0v) is 20.0. The summed E-state index contributed by atoms with van der Waals surface area (Å²) in [6.07, 6.45) is 11.4. The second-order valence-electron chi connectivity index (χ2n) is 11.0. The van der Waals surface area contributed by atoms with E-state index in [1.807, 2.05) is 0 Å². The number of piperidine rings is 2. The Kier molecular flexibility index (Phi) is 4.65. The summed E-state index contributed by atoms with van der Waals surface area (Å²) in [7, 11) is 0. The molecule has 0 unspecified atom stereocenters. The fourth-order valence-electron chi connectivity index (χ4n) is 6.70. The highest BCUT2D eigenvalue weighted by molar-refractivity contribution is 6.05. The molecule has 4 heterocycles. The van der Waals surface area contributed by atoms with Crippen LogP contribution in [0.2, 0.25) is 0 Å². The fourth-order valence-corrected chi connectivity index (χ4v) is 6.70. The maximum atomic E-state index is 13.6.